The van der Waals surface area contributed by atoms with Crippen LogP contribution in [0.15, 0.2) is 33.9 Å². The van der Waals surface area contributed by atoms with E-state index in [-0.39, 0.29) is 23.4 Å². The van der Waals surface area contributed by atoms with Crippen molar-refractivity contribution in [1.29, 1.82) is 5.26 Å². The normalized spacial score (nSPS) is 19.5. The van der Waals surface area contributed by atoms with Crippen molar-refractivity contribution in [1.82, 2.24) is 9.13 Å². The van der Waals surface area contributed by atoms with Gasteiger partial charge in [-0.1, -0.05) is 29.8 Å². The number of rotatable bonds is 4. The molecule has 0 radical (unpaired) electrons. The molecule has 1 fully saturated rings. The standard InChI is InChI=1S/C20H24N4O3/c1-13-6-8-14(9-7-13)17-15(5-4-10-27-17)12-22-18-16(11-21)19(25)24(3)20(26)23(18)2/h6-9,15,17,22H,4-5,10,12H2,1-3H3. The van der Waals surface area contributed by atoms with E-state index in [1.54, 1.807) is 7.05 Å². The van der Waals surface area contributed by atoms with Gasteiger partial charge >= 0.3 is 5.69 Å². The third-order valence-corrected chi connectivity index (χ3v) is 5.16. The molecule has 3 rings (SSSR count). The maximum absolute atomic E-state index is 12.2. The van der Waals surface area contributed by atoms with Crippen LogP contribution in [0.2, 0.25) is 0 Å². The number of hydrogen-bond acceptors (Lipinski definition) is 5. The first-order chi connectivity index (χ1) is 12.9. The molecule has 2 atom stereocenters. The zero-order valence-corrected chi connectivity index (χ0v) is 15.9. The zero-order chi connectivity index (χ0) is 19.6. The lowest BCUT2D eigenvalue weighted by Crippen LogP contribution is -2.40. The van der Waals surface area contributed by atoms with Gasteiger partial charge in [-0.15, -0.1) is 0 Å². The van der Waals surface area contributed by atoms with Gasteiger partial charge in [0.25, 0.3) is 5.56 Å². The largest absolute Gasteiger partial charge is 0.373 e. The first kappa shape index (κ1) is 18.9. The lowest BCUT2D eigenvalue weighted by Gasteiger charge is -2.32. The number of aryl methyl sites for hydroxylation is 1. The summed E-state index contributed by atoms with van der Waals surface area (Å²) in [7, 11) is 2.93. The molecule has 0 aliphatic carbocycles. The van der Waals surface area contributed by atoms with E-state index in [1.165, 1.54) is 17.2 Å². The maximum atomic E-state index is 12.2. The molecular weight excluding hydrogens is 344 g/mol. The highest BCUT2D eigenvalue weighted by atomic mass is 16.5. The second-order valence-electron chi connectivity index (χ2n) is 7.03. The summed E-state index contributed by atoms with van der Waals surface area (Å²) in [5.74, 6) is 0.436. The fourth-order valence-electron chi connectivity index (χ4n) is 3.56. The molecule has 0 amide bonds. The van der Waals surface area contributed by atoms with Gasteiger partial charge in [-0.25, -0.2) is 4.79 Å². The van der Waals surface area contributed by atoms with Crippen molar-refractivity contribution in [2.45, 2.75) is 25.9 Å². The van der Waals surface area contributed by atoms with Gasteiger partial charge in [0, 0.05) is 33.2 Å². The van der Waals surface area contributed by atoms with Crippen LogP contribution >= 0.6 is 0 Å². The highest BCUT2D eigenvalue weighted by molar-refractivity contribution is 5.51. The summed E-state index contributed by atoms with van der Waals surface area (Å²) in [6.45, 7) is 3.26. The second kappa shape index (κ2) is 7.80. The van der Waals surface area contributed by atoms with Crippen LogP contribution in [0.5, 0.6) is 0 Å². The molecule has 0 saturated carbocycles. The van der Waals surface area contributed by atoms with Crippen molar-refractivity contribution in [2.75, 3.05) is 18.5 Å². The highest BCUT2D eigenvalue weighted by Gasteiger charge is 2.28. The van der Waals surface area contributed by atoms with Crippen LogP contribution in [-0.2, 0) is 18.8 Å². The number of ether oxygens (including phenoxy) is 1. The van der Waals surface area contributed by atoms with Crippen LogP contribution in [0.25, 0.3) is 0 Å². The fourth-order valence-corrected chi connectivity index (χ4v) is 3.56. The van der Waals surface area contributed by atoms with Gasteiger partial charge in [-0.2, -0.15) is 5.26 Å². The monoisotopic (exact) mass is 368 g/mol. The van der Waals surface area contributed by atoms with Gasteiger partial charge in [0.05, 0.1) is 6.10 Å². The summed E-state index contributed by atoms with van der Waals surface area (Å²) in [4.78, 5) is 24.4. The van der Waals surface area contributed by atoms with Gasteiger partial charge < -0.3 is 10.1 Å². The van der Waals surface area contributed by atoms with Crippen LogP contribution in [0.4, 0.5) is 5.82 Å². The van der Waals surface area contributed by atoms with E-state index in [4.69, 9.17) is 4.74 Å². The zero-order valence-electron chi connectivity index (χ0n) is 15.9. The maximum Gasteiger partial charge on any atom is 0.332 e. The number of hydrogen-bond donors (Lipinski definition) is 1. The Bertz CT molecular complexity index is 983. The molecule has 2 unspecified atom stereocenters. The molecule has 1 aliphatic heterocycles. The van der Waals surface area contributed by atoms with Gasteiger partial charge in [0.1, 0.15) is 11.9 Å². The number of nitriles is 1. The van der Waals surface area contributed by atoms with Crippen molar-refractivity contribution in [2.24, 2.45) is 20.0 Å². The Balaban J connectivity index is 1.87. The number of anilines is 1. The van der Waals surface area contributed by atoms with E-state index in [2.05, 4.69) is 29.6 Å². The molecule has 2 heterocycles. The van der Waals surface area contributed by atoms with Crippen LogP contribution < -0.4 is 16.6 Å². The Morgan fingerprint density at radius 1 is 1.22 bits per heavy atom. The smallest absolute Gasteiger partial charge is 0.332 e. The predicted octanol–water partition coefficient (Wildman–Crippen LogP) is 1.84. The third-order valence-electron chi connectivity index (χ3n) is 5.16. The Labute approximate surface area is 157 Å². The van der Waals surface area contributed by atoms with E-state index >= 15 is 0 Å². The van der Waals surface area contributed by atoms with E-state index in [0.717, 1.165) is 23.0 Å². The molecule has 1 aliphatic rings. The minimum Gasteiger partial charge on any atom is -0.373 e. The van der Waals surface area contributed by atoms with Gasteiger partial charge in [0.15, 0.2) is 5.56 Å². The van der Waals surface area contributed by atoms with Crippen molar-refractivity contribution in [3.63, 3.8) is 0 Å². The van der Waals surface area contributed by atoms with E-state index < -0.39 is 11.2 Å². The SMILES string of the molecule is Cc1ccc(C2OCCCC2CNc2c(C#N)c(=O)n(C)c(=O)n2C)cc1. The Hall–Kier alpha value is -2.85. The summed E-state index contributed by atoms with van der Waals surface area (Å²) in [6.07, 6.45) is 1.86. The summed E-state index contributed by atoms with van der Waals surface area (Å²) in [6, 6.07) is 10.2. The molecule has 7 nitrogen and oxygen atoms in total. The minimum atomic E-state index is -0.585. The van der Waals surface area contributed by atoms with Crippen LogP contribution in [-0.4, -0.2) is 22.3 Å². The number of aromatic nitrogens is 2. The number of benzene rings is 1. The van der Waals surface area contributed by atoms with Gasteiger partial charge in [-0.3, -0.25) is 13.9 Å². The molecule has 7 heteroatoms. The van der Waals surface area contributed by atoms with Crippen LogP contribution in [0.1, 0.15) is 35.6 Å². The molecule has 1 N–H and O–H groups in total. The number of nitrogens with one attached hydrogen (secondary N) is 1. The molecule has 0 spiro atoms. The molecule has 1 saturated heterocycles. The Morgan fingerprint density at radius 2 is 1.93 bits per heavy atom. The quantitative estimate of drug-likeness (QED) is 0.890. The average Bonchev–Trinajstić information content (AvgIpc) is 2.69. The van der Waals surface area contributed by atoms with Gasteiger partial charge in [0.2, 0.25) is 0 Å². The van der Waals surface area contributed by atoms with Crippen LogP contribution in [0, 0.1) is 24.2 Å². The summed E-state index contributed by atoms with van der Waals surface area (Å²) < 4.78 is 8.28. The molecular formula is C20H24N4O3. The van der Waals surface area contributed by atoms with Crippen molar-refractivity contribution >= 4 is 5.82 Å². The van der Waals surface area contributed by atoms with E-state index in [1.807, 2.05) is 13.0 Å². The van der Waals surface area contributed by atoms with Crippen molar-refractivity contribution < 1.29 is 4.74 Å². The predicted molar refractivity (Wildman–Crippen MR) is 103 cm³/mol. The lowest BCUT2D eigenvalue weighted by molar-refractivity contribution is -0.0238. The summed E-state index contributed by atoms with van der Waals surface area (Å²) in [5.41, 5.74) is 1.21. The number of nitrogens with zero attached hydrogens (tertiary/aromatic N) is 3. The third kappa shape index (κ3) is 3.67. The van der Waals surface area contributed by atoms with E-state index in [9.17, 15) is 14.9 Å². The minimum absolute atomic E-state index is 0.0526. The summed E-state index contributed by atoms with van der Waals surface area (Å²) >= 11 is 0. The molecule has 0 bridgehead atoms. The first-order valence-electron chi connectivity index (χ1n) is 9.06. The summed E-state index contributed by atoms with van der Waals surface area (Å²) in [5, 5.41) is 12.6. The molecule has 1 aromatic carbocycles. The van der Waals surface area contributed by atoms with Crippen molar-refractivity contribution in [3.05, 3.63) is 61.8 Å². The second-order valence-corrected chi connectivity index (χ2v) is 7.03. The topological polar surface area (TPSA) is 89.1 Å². The van der Waals surface area contributed by atoms with Gasteiger partial charge in [-0.05, 0) is 25.3 Å². The first-order valence-corrected chi connectivity index (χ1v) is 9.06. The average molecular weight is 368 g/mol. The molecule has 142 valence electrons. The van der Waals surface area contributed by atoms with Crippen LogP contribution in [0.3, 0.4) is 0 Å². The van der Waals surface area contributed by atoms with Crippen molar-refractivity contribution in [3.8, 4) is 6.07 Å². The molecule has 27 heavy (non-hydrogen) atoms. The highest BCUT2D eigenvalue weighted by Crippen LogP contribution is 2.34. The Kier molecular flexibility index (Phi) is 5.47. The molecule has 1 aromatic heterocycles. The van der Waals surface area contributed by atoms with E-state index in [0.29, 0.717) is 13.2 Å². The fraction of sp³-hybridized carbons (Fsp3) is 0.450. The lowest BCUT2D eigenvalue weighted by atomic mass is 9.89. The Morgan fingerprint density at radius 3 is 2.59 bits per heavy atom. The molecule has 2 aromatic rings.